The summed E-state index contributed by atoms with van der Waals surface area (Å²) in [7, 11) is 0. The summed E-state index contributed by atoms with van der Waals surface area (Å²) in [5.74, 6) is 0. The first kappa shape index (κ1) is 33.1. The summed E-state index contributed by atoms with van der Waals surface area (Å²) >= 11 is 0. The molecule has 1 heterocycles. The average Bonchev–Trinajstić information content (AvgIpc) is 3.56. The summed E-state index contributed by atoms with van der Waals surface area (Å²) < 4.78 is 6.51. The number of aryl methyl sites for hydroxylation is 2. The number of para-hydroxylation sites is 1. The van der Waals surface area contributed by atoms with Crippen molar-refractivity contribution in [2.45, 2.75) is 85.5 Å². The van der Waals surface area contributed by atoms with E-state index in [2.05, 4.69) is 183 Å². The Morgan fingerprint density at radius 2 is 1.12 bits per heavy atom. The van der Waals surface area contributed by atoms with E-state index < -0.39 is 0 Å². The standard InChI is InChI=1S/C49H49NO/c1-30-15-11-12-16-36(30)37-23-20-34(25-31(37)2)50(35-21-24-39-38-17-13-14-18-44(38)51-45(39)29-35)43-28-33(48(6,7)8)27-42-46(43)40-22-19-32(47(3,4)5)26-41(40)49(42,9)10/h11-29H,1-10H3. The van der Waals surface area contributed by atoms with Gasteiger partial charge in [-0.05, 0) is 111 Å². The highest BCUT2D eigenvalue weighted by molar-refractivity contribution is 6.06. The van der Waals surface area contributed by atoms with Gasteiger partial charge in [0.1, 0.15) is 11.2 Å². The van der Waals surface area contributed by atoms with Crippen LogP contribution in [0.15, 0.2) is 120 Å². The van der Waals surface area contributed by atoms with Crippen LogP contribution in [0.1, 0.15) is 88.8 Å². The number of hydrogen-bond acceptors (Lipinski definition) is 2. The fraction of sp³-hybridized carbons (Fsp3) is 0.265. The van der Waals surface area contributed by atoms with Crippen molar-refractivity contribution < 1.29 is 4.42 Å². The summed E-state index contributed by atoms with van der Waals surface area (Å²) in [6.45, 7) is 23.2. The summed E-state index contributed by atoms with van der Waals surface area (Å²) in [4.78, 5) is 2.48. The van der Waals surface area contributed by atoms with E-state index in [4.69, 9.17) is 4.42 Å². The number of nitrogens with zero attached hydrogens (tertiary/aromatic N) is 1. The lowest BCUT2D eigenvalue weighted by atomic mass is 9.77. The van der Waals surface area contributed by atoms with Crippen LogP contribution in [0, 0.1) is 13.8 Å². The van der Waals surface area contributed by atoms with Gasteiger partial charge in [0.05, 0.1) is 5.69 Å². The third kappa shape index (κ3) is 5.39. The van der Waals surface area contributed by atoms with E-state index in [1.54, 1.807) is 0 Å². The summed E-state index contributed by atoms with van der Waals surface area (Å²) in [6, 6.07) is 42.9. The lowest BCUT2D eigenvalue weighted by Gasteiger charge is -2.32. The molecular weight excluding hydrogens is 619 g/mol. The molecule has 1 aliphatic carbocycles. The van der Waals surface area contributed by atoms with Crippen molar-refractivity contribution in [3.05, 3.63) is 149 Å². The van der Waals surface area contributed by atoms with Gasteiger partial charge in [-0.25, -0.2) is 0 Å². The van der Waals surface area contributed by atoms with E-state index >= 15 is 0 Å². The van der Waals surface area contributed by atoms with Crippen LogP contribution in [-0.4, -0.2) is 0 Å². The van der Waals surface area contributed by atoms with Crippen LogP contribution < -0.4 is 4.90 Å². The zero-order valence-corrected chi connectivity index (χ0v) is 31.8. The van der Waals surface area contributed by atoms with Gasteiger partial charge in [0.25, 0.3) is 0 Å². The second kappa shape index (κ2) is 11.5. The highest BCUT2D eigenvalue weighted by Crippen LogP contribution is 2.56. The Morgan fingerprint density at radius 1 is 0.510 bits per heavy atom. The number of benzene rings is 6. The Hall–Kier alpha value is -5.08. The predicted molar refractivity (Wildman–Crippen MR) is 218 cm³/mol. The molecule has 0 bridgehead atoms. The molecule has 0 amide bonds. The van der Waals surface area contributed by atoms with Gasteiger partial charge < -0.3 is 9.32 Å². The summed E-state index contributed by atoms with van der Waals surface area (Å²) in [6.07, 6.45) is 0. The average molecular weight is 668 g/mol. The van der Waals surface area contributed by atoms with Gasteiger partial charge >= 0.3 is 0 Å². The molecule has 256 valence electrons. The van der Waals surface area contributed by atoms with Crippen LogP contribution in [0.2, 0.25) is 0 Å². The second-order valence-corrected chi connectivity index (χ2v) is 17.2. The van der Waals surface area contributed by atoms with Crippen LogP contribution in [0.25, 0.3) is 44.2 Å². The van der Waals surface area contributed by atoms with Crippen molar-refractivity contribution in [3.63, 3.8) is 0 Å². The van der Waals surface area contributed by atoms with Gasteiger partial charge in [0.2, 0.25) is 0 Å². The molecule has 0 atom stereocenters. The molecule has 2 nitrogen and oxygen atoms in total. The fourth-order valence-electron chi connectivity index (χ4n) is 8.15. The minimum atomic E-state index is -0.166. The van der Waals surface area contributed by atoms with Gasteiger partial charge in [-0.15, -0.1) is 0 Å². The first-order chi connectivity index (χ1) is 24.1. The first-order valence-corrected chi connectivity index (χ1v) is 18.4. The lowest BCUT2D eigenvalue weighted by Crippen LogP contribution is -2.20. The van der Waals surface area contributed by atoms with Crippen LogP contribution in [-0.2, 0) is 16.2 Å². The van der Waals surface area contributed by atoms with Gasteiger partial charge in [-0.2, -0.15) is 0 Å². The second-order valence-electron chi connectivity index (χ2n) is 17.2. The molecule has 0 saturated carbocycles. The molecule has 0 fully saturated rings. The fourth-order valence-corrected chi connectivity index (χ4v) is 8.15. The molecule has 1 aliphatic rings. The van der Waals surface area contributed by atoms with Crippen molar-refractivity contribution in [2.24, 2.45) is 0 Å². The quantitative estimate of drug-likeness (QED) is 0.186. The highest BCUT2D eigenvalue weighted by Gasteiger charge is 2.40. The van der Waals surface area contributed by atoms with Gasteiger partial charge in [0, 0.05) is 39.2 Å². The SMILES string of the molecule is Cc1ccccc1-c1ccc(N(c2ccc3c(c2)oc2ccccc23)c2cc(C(C)(C)C)cc3c2-c2ccc(C(C)(C)C)cc2C3(C)C)cc1C. The third-order valence-corrected chi connectivity index (χ3v) is 11.3. The van der Waals surface area contributed by atoms with Gasteiger partial charge in [-0.3, -0.25) is 0 Å². The van der Waals surface area contributed by atoms with Crippen LogP contribution in [0.5, 0.6) is 0 Å². The number of hydrogen-bond donors (Lipinski definition) is 0. The van der Waals surface area contributed by atoms with Crippen LogP contribution in [0.3, 0.4) is 0 Å². The van der Waals surface area contributed by atoms with E-state index in [1.807, 2.05) is 6.07 Å². The molecular formula is C49H49NO. The van der Waals surface area contributed by atoms with Crippen LogP contribution in [0.4, 0.5) is 17.1 Å². The monoisotopic (exact) mass is 667 g/mol. The Balaban J connectivity index is 1.43. The number of rotatable bonds is 4. The maximum Gasteiger partial charge on any atom is 0.137 e. The van der Waals surface area contributed by atoms with Crippen molar-refractivity contribution in [3.8, 4) is 22.3 Å². The van der Waals surface area contributed by atoms with Crippen molar-refractivity contribution in [1.29, 1.82) is 0 Å². The Labute approximate surface area is 303 Å². The molecule has 0 N–H and O–H groups in total. The molecule has 6 aromatic carbocycles. The highest BCUT2D eigenvalue weighted by atomic mass is 16.3. The number of anilines is 3. The van der Waals surface area contributed by atoms with E-state index in [0.717, 1.165) is 33.3 Å². The Morgan fingerprint density at radius 3 is 1.84 bits per heavy atom. The minimum Gasteiger partial charge on any atom is -0.456 e. The maximum atomic E-state index is 6.51. The van der Waals surface area contributed by atoms with Gasteiger partial charge in [0.15, 0.2) is 0 Å². The first-order valence-electron chi connectivity index (χ1n) is 18.4. The molecule has 51 heavy (non-hydrogen) atoms. The normalized spacial score (nSPS) is 13.8. The van der Waals surface area contributed by atoms with E-state index in [1.165, 1.54) is 61.3 Å². The molecule has 0 radical (unpaired) electrons. The molecule has 2 heteroatoms. The van der Waals surface area contributed by atoms with E-state index in [9.17, 15) is 0 Å². The third-order valence-electron chi connectivity index (χ3n) is 11.3. The summed E-state index contributed by atoms with van der Waals surface area (Å²) in [5, 5.41) is 2.28. The molecule has 8 rings (SSSR count). The molecule has 0 unspecified atom stereocenters. The van der Waals surface area contributed by atoms with Crippen molar-refractivity contribution >= 4 is 39.0 Å². The zero-order chi connectivity index (χ0) is 36.0. The largest absolute Gasteiger partial charge is 0.456 e. The van der Waals surface area contributed by atoms with Gasteiger partial charge in [-0.1, -0.05) is 128 Å². The molecule has 7 aromatic rings. The Bertz CT molecular complexity index is 2490. The number of fused-ring (bicyclic) bond motifs is 6. The zero-order valence-electron chi connectivity index (χ0n) is 31.8. The maximum absolute atomic E-state index is 6.51. The summed E-state index contributed by atoms with van der Waals surface area (Å²) in [5.41, 5.74) is 18.2. The molecule has 0 saturated heterocycles. The minimum absolute atomic E-state index is 0.0514. The van der Waals surface area contributed by atoms with Crippen molar-refractivity contribution in [2.75, 3.05) is 4.90 Å². The lowest BCUT2D eigenvalue weighted by molar-refractivity contribution is 0.580. The predicted octanol–water partition coefficient (Wildman–Crippen LogP) is 14.2. The topological polar surface area (TPSA) is 16.4 Å². The number of furan rings is 1. The van der Waals surface area contributed by atoms with Crippen molar-refractivity contribution in [1.82, 2.24) is 0 Å². The molecule has 0 spiro atoms. The Kier molecular flexibility index (Phi) is 7.44. The van der Waals surface area contributed by atoms with E-state index in [0.29, 0.717) is 0 Å². The molecule has 0 aliphatic heterocycles. The smallest absolute Gasteiger partial charge is 0.137 e. The molecule has 1 aromatic heterocycles. The van der Waals surface area contributed by atoms with Crippen LogP contribution >= 0.6 is 0 Å². The van der Waals surface area contributed by atoms with E-state index in [-0.39, 0.29) is 16.2 Å².